The van der Waals surface area contributed by atoms with Crippen LogP contribution in [-0.4, -0.2) is 41.4 Å². The van der Waals surface area contributed by atoms with Crippen LogP contribution in [0.4, 0.5) is 0 Å². The number of nitrogens with zero attached hydrogens (tertiary/aromatic N) is 3. The minimum absolute atomic E-state index is 0. The van der Waals surface area contributed by atoms with E-state index in [2.05, 4.69) is 15.3 Å². The molecule has 1 saturated heterocycles. The molecule has 1 aromatic heterocycles. The number of aryl methyl sites for hydroxylation is 1. The number of hydrogen-bond donors (Lipinski definition) is 1. The van der Waals surface area contributed by atoms with Gasteiger partial charge in [-0.05, 0) is 38.9 Å². The van der Waals surface area contributed by atoms with Gasteiger partial charge >= 0.3 is 0 Å². The number of nitrogens with one attached hydrogen (secondary N) is 1. The molecule has 2 rings (SSSR count). The SMILES string of the molecule is CNCC1CCCN(Cc2c(Cl)cnn2C)C1.Cl. The Morgan fingerprint density at radius 1 is 1.56 bits per heavy atom. The first-order valence-electron chi connectivity index (χ1n) is 6.24. The van der Waals surface area contributed by atoms with Crippen LogP contribution in [0.5, 0.6) is 0 Å². The smallest absolute Gasteiger partial charge is 0.0831 e. The maximum Gasteiger partial charge on any atom is 0.0831 e. The van der Waals surface area contributed by atoms with Gasteiger partial charge in [-0.1, -0.05) is 11.6 Å². The summed E-state index contributed by atoms with van der Waals surface area (Å²) in [4.78, 5) is 2.48. The van der Waals surface area contributed by atoms with Crippen molar-refractivity contribution in [2.24, 2.45) is 13.0 Å². The Morgan fingerprint density at radius 2 is 2.33 bits per heavy atom. The number of hydrogen-bond acceptors (Lipinski definition) is 3. The Bertz CT molecular complexity index is 345. The van der Waals surface area contributed by atoms with E-state index in [9.17, 15) is 0 Å². The first-order valence-corrected chi connectivity index (χ1v) is 6.62. The summed E-state index contributed by atoms with van der Waals surface area (Å²) in [6.07, 6.45) is 4.34. The van der Waals surface area contributed by atoms with E-state index in [1.54, 1.807) is 6.20 Å². The van der Waals surface area contributed by atoms with Gasteiger partial charge in [0.1, 0.15) is 0 Å². The quantitative estimate of drug-likeness (QED) is 0.921. The zero-order chi connectivity index (χ0) is 12.3. The highest BCUT2D eigenvalue weighted by atomic mass is 35.5. The number of halogens is 2. The van der Waals surface area contributed by atoms with Crippen LogP contribution in [0.1, 0.15) is 18.5 Å². The monoisotopic (exact) mass is 292 g/mol. The van der Waals surface area contributed by atoms with Crippen molar-refractivity contribution in [1.29, 1.82) is 0 Å². The Hall–Kier alpha value is -0.290. The highest BCUT2D eigenvalue weighted by molar-refractivity contribution is 6.31. The molecule has 4 nitrogen and oxygen atoms in total. The Labute approximate surface area is 120 Å². The highest BCUT2D eigenvalue weighted by Gasteiger charge is 2.21. The number of rotatable bonds is 4. The fourth-order valence-electron chi connectivity index (χ4n) is 2.58. The molecule has 0 radical (unpaired) electrons. The predicted molar refractivity (Wildman–Crippen MR) is 77.4 cm³/mol. The van der Waals surface area contributed by atoms with Crippen LogP contribution in [0.3, 0.4) is 0 Å². The molecule has 2 heterocycles. The summed E-state index contributed by atoms with van der Waals surface area (Å²) in [7, 11) is 3.98. The molecule has 1 N–H and O–H groups in total. The molecule has 1 unspecified atom stereocenters. The summed E-state index contributed by atoms with van der Waals surface area (Å²) in [5, 5.41) is 8.23. The van der Waals surface area contributed by atoms with Gasteiger partial charge in [-0.3, -0.25) is 9.58 Å². The van der Waals surface area contributed by atoms with Crippen molar-refractivity contribution < 1.29 is 0 Å². The summed E-state index contributed by atoms with van der Waals surface area (Å²) in [6, 6.07) is 0. The molecule has 1 aliphatic rings. The number of likely N-dealkylation sites (tertiary alicyclic amines) is 1. The average molecular weight is 293 g/mol. The molecule has 1 aromatic rings. The van der Waals surface area contributed by atoms with Crippen molar-refractivity contribution in [2.45, 2.75) is 19.4 Å². The molecule has 0 aliphatic carbocycles. The van der Waals surface area contributed by atoms with Gasteiger partial charge in [0.15, 0.2) is 0 Å². The summed E-state index contributed by atoms with van der Waals surface area (Å²) < 4.78 is 1.88. The van der Waals surface area contributed by atoms with E-state index < -0.39 is 0 Å². The van der Waals surface area contributed by atoms with Crippen LogP contribution in [0.2, 0.25) is 5.02 Å². The van der Waals surface area contributed by atoms with Gasteiger partial charge in [0.25, 0.3) is 0 Å². The van der Waals surface area contributed by atoms with Gasteiger partial charge in [0, 0.05) is 20.1 Å². The van der Waals surface area contributed by atoms with Crippen molar-refractivity contribution in [2.75, 3.05) is 26.7 Å². The van der Waals surface area contributed by atoms with Crippen LogP contribution >= 0.6 is 24.0 Å². The van der Waals surface area contributed by atoms with Gasteiger partial charge in [0.2, 0.25) is 0 Å². The maximum absolute atomic E-state index is 6.14. The highest BCUT2D eigenvalue weighted by Crippen LogP contribution is 2.21. The second-order valence-electron chi connectivity index (χ2n) is 4.86. The fraction of sp³-hybridized carbons (Fsp3) is 0.750. The first kappa shape index (κ1) is 15.8. The lowest BCUT2D eigenvalue weighted by atomic mass is 9.98. The molecular weight excluding hydrogens is 271 g/mol. The molecule has 6 heteroatoms. The molecule has 1 aliphatic heterocycles. The number of piperidine rings is 1. The molecule has 1 fully saturated rings. The van der Waals surface area contributed by atoms with Crippen LogP contribution in [0, 0.1) is 5.92 Å². The second-order valence-corrected chi connectivity index (χ2v) is 5.27. The Kier molecular flexibility index (Phi) is 6.43. The standard InChI is InChI=1S/C12H21ClN4.ClH/c1-14-6-10-4-3-5-17(8-10)9-12-11(13)7-15-16(12)2;/h7,10,14H,3-6,8-9H2,1-2H3;1H. The lowest BCUT2D eigenvalue weighted by Gasteiger charge is -2.32. The van der Waals surface area contributed by atoms with E-state index in [-0.39, 0.29) is 12.4 Å². The molecule has 0 amide bonds. The van der Waals surface area contributed by atoms with Crippen LogP contribution in [0.15, 0.2) is 6.20 Å². The van der Waals surface area contributed by atoms with E-state index in [0.717, 1.165) is 36.3 Å². The minimum atomic E-state index is 0. The molecular formula is C12H22Cl2N4. The molecule has 104 valence electrons. The predicted octanol–water partition coefficient (Wildman–Crippen LogP) is 1.93. The third-order valence-electron chi connectivity index (χ3n) is 3.48. The fourth-order valence-corrected chi connectivity index (χ4v) is 2.80. The Morgan fingerprint density at radius 3 is 2.94 bits per heavy atom. The minimum Gasteiger partial charge on any atom is -0.319 e. The molecule has 0 spiro atoms. The average Bonchev–Trinajstić information content (AvgIpc) is 2.62. The lowest BCUT2D eigenvalue weighted by molar-refractivity contribution is 0.163. The van der Waals surface area contributed by atoms with E-state index in [1.165, 1.54) is 19.4 Å². The summed E-state index contributed by atoms with van der Waals surface area (Å²) >= 11 is 6.14. The van der Waals surface area contributed by atoms with E-state index in [0.29, 0.717) is 0 Å². The van der Waals surface area contributed by atoms with Gasteiger partial charge in [0.05, 0.1) is 16.9 Å². The van der Waals surface area contributed by atoms with Crippen molar-refractivity contribution >= 4 is 24.0 Å². The third kappa shape index (κ3) is 3.85. The van der Waals surface area contributed by atoms with E-state index in [4.69, 9.17) is 11.6 Å². The largest absolute Gasteiger partial charge is 0.319 e. The van der Waals surface area contributed by atoms with E-state index in [1.807, 2.05) is 18.8 Å². The zero-order valence-electron chi connectivity index (χ0n) is 11.0. The Balaban J connectivity index is 0.00000162. The van der Waals surface area contributed by atoms with Crippen molar-refractivity contribution in [3.63, 3.8) is 0 Å². The van der Waals surface area contributed by atoms with Crippen LogP contribution in [-0.2, 0) is 13.6 Å². The van der Waals surface area contributed by atoms with Gasteiger partial charge < -0.3 is 5.32 Å². The molecule has 1 atom stereocenters. The molecule has 0 saturated carbocycles. The first-order chi connectivity index (χ1) is 8.20. The number of aromatic nitrogens is 2. The van der Waals surface area contributed by atoms with Crippen molar-refractivity contribution in [3.8, 4) is 0 Å². The third-order valence-corrected chi connectivity index (χ3v) is 3.80. The van der Waals surface area contributed by atoms with Gasteiger partial charge in [-0.15, -0.1) is 12.4 Å². The summed E-state index contributed by atoms with van der Waals surface area (Å²) in [6.45, 7) is 4.34. The molecule has 0 bridgehead atoms. The normalized spacial score (nSPS) is 20.7. The van der Waals surface area contributed by atoms with Gasteiger partial charge in [-0.2, -0.15) is 5.10 Å². The van der Waals surface area contributed by atoms with Crippen LogP contribution < -0.4 is 5.32 Å². The topological polar surface area (TPSA) is 33.1 Å². The summed E-state index contributed by atoms with van der Waals surface area (Å²) in [5.41, 5.74) is 1.12. The molecule has 18 heavy (non-hydrogen) atoms. The van der Waals surface area contributed by atoms with Crippen LogP contribution in [0.25, 0.3) is 0 Å². The van der Waals surface area contributed by atoms with Crippen molar-refractivity contribution in [3.05, 3.63) is 16.9 Å². The lowest BCUT2D eigenvalue weighted by Crippen LogP contribution is -2.38. The zero-order valence-corrected chi connectivity index (χ0v) is 12.6. The van der Waals surface area contributed by atoms with Crippen molar-refractivity contribution in [1.82, 2.24) is 20.0 Å². The molecule has 0 aromatic carbocycles. The maximum atomic E-state index is 6.14. The van der Waals surface area contributed by atoms with E-state index >= 15 is 0 Å². The summed E-state index contributed by atoms with van der Waals surface area (Å²) in [5.74, 6) is 0.765. The second kappa shape index (κ2) is 7.34. The van der Waals surface area contributed by atoms with Gasteiger partial charge in [-0.25, -0.2) is 0 Å².